The van der Waals surface area contributed by atoms with Gasteiger partial charge in [-0.05, 0) is 42.5 Å². The lowest BCUT2D eigenvalue weighted by atomic mass is 10.0. The van der Waals surface area contributed by atoms with E-state index in [-0.39, 0.29) is 0 Å². The highest BCUT2D eigenvalue weighted by atomic mass is 14.9. The van der Waals surface area contributed by atoms with Crippen LogP contribution >= 0.6 is 0 Å². The van der Waals surface area contributed by atoms with Crippen LogP contribution in [0.5, 0.6) is 0 Å². The zero-order valence-corrected chi connectivity index (χ0v) is 16.4. The first-order valence-corrected chi connectivity index (χ1v) is 9.60. The van der Waals surface area contributed by atoms with E-state index in [4.69, 9.17) is 4.98 Å². The van der Waals surface area contributed by atoms with Crippen molar-refractivity contribution in [3.8, 4) is 22.4 Å². The number of hydrogen-bond donors (Lipinski definition) is 1. The van der Waals surface area contributed by atoms with Crippen LogP contribution in [0.25, 0.3) is 22.4 Å². The Morgan fingerprint density at radius 2 is 1.63 bits per heavy atom. The summed E-state index contributed by atoms with van der Waals surface area (Å²) >= 11 is 0. The van der Waals surface area contributed by atoms with Crippen LogP contribution in [0.3, 0.4) is 0 Å². The molecule has 1 N–H and O–H groups in total. The minimum atomic E-state index is 0.798. The monoisotopic (exact) mass is 357 g/mol. The third-order valence-corrected chi connectivity index (χ3v) is 4.62. The Bertz CT molecular complexity index is 897. The van der Waals surface area contributed by atoms with Crippen molar-refractivity contribution in [3.05, 3.63) is 66.2 Å². The number of anilines is 1. The molecular formula is C24H27N3. The van der Waals surface area contributed by atoms with Crippen molar-refractivity contribution in [1.82, 2.24) is 4.98 Å². The van der Waals surface area contributed by atoms with Crippen molar-refractivity contribution >= 4 is 17.7 Å². The summed E-state index contributed by atoms with van der Waals surface area (Å²) in [6.07, 6.45) is 5.31. The maximum Gasteiger partial charge on any atom is 0.155 e. The third kappa shape index (κ3) is 4.62. The fourth-order valence-corrected chi connectivity index (χ4v) is 3.04. The second-order valence-electron chi connectivity index (χ2n) is 6.67. The predicted octanol–water partition coefficient (Wildman–Crippen LogP) is 6.66. The van der Waals surface area contributed by atoms with E-state index < -0.39 is 0 Å². The molecule has 1 aromatic heterocycles. The van der Waals surface area contributed by atoms with Crippen LogP contribution < -0.4 is 5.32 Å². The minimum absolute atomic E-state index is 0.798. The molecule has 0 spiro atoms. The number of pyridine rings is 1. The number of rotatable bonds is 7. The van der Waals surface area contributed by atoms with Gasteiger partial charge in [-0.2, -0.15) is 0 Å². The van der Waals surface area contributed by atoms with Crippen molar-refractivity contribution in [2.75, 3.05) is 12.4 Å². The summed E-state index contributed by atoms with van der Waals surface area (Å²) in [7, 11) is 1.93. The molecule has 3 nitrogen and oxygen atoms in total. The normalized spacial score (nSPS) is 11.1. The smallest absolute Gasteiger partial charge is 0.155 e. The van der Waals surface area contributed by atoms with Crippen LogP contribution in [0.15, 0.2) is 65.7 Å². The summed E-state index contributed by atoms with van der Waals surface area (Å²) in [6.45, 7) is 4.25. The van der Waals surface area contributed by atoms with E-state index in [1.54, 1.807) is 0 Å². The van der Waals surface area contributed by atoms with Crippen LogP contribution in [0, 0.1) is 6.92 Å². The van der Waals surface area contributed by atoms with Crippen molar-refractivity contribution in [3.63, 3.8) is 0 Å². The number of nitrogens with one attached hydrogen (secondary N) is 1. The summed E-state index contributed by atoms with van der Waals surface area (Å²) in [5.74, 6) is 0.798. The second kappa shape index (κ2) is 9.13. The number of aliphatic imine (C=N–C) groups is 1. The molecule has 0 unspecified atom stereocenters. The lowest BCUT2D eigenvalue weighted by molar-refractivity contribution is 0.842. The highest BCUT2D eigenvalue weighted by Crippen LogP contribution is 2.32. The highest BCUT2D eigenvalue weighted by Gasteiger charge is 2.10. The Labute approximate surface area is 162 Å². The van der Waals surface area contributed by atoms with Gasteiger partial charge in [0.25, 0.3) is 0 Å². The third-order valence-electron chi connectivity index (χ3n) is 4.62. The molecule has 27 heavy (non-hydrogen) atoms. The van der Waals surface area contributed by atoms with E-state index in [0.717, 1.165) is 41.2 Å². The molecule has 0 aliphatic carbocycles. The molecular weight excluding hydrogens is 330 g/mol. The molecule has 3 aromatic rings. The van der Waals surface area contributed by atoms with E-state index in [2.05, 4.69) is 78.8 Å². The topological polar surface area (TPSA) is 37.3 Å². The largest absolute Gasteiger partial charge is 0.386 e. The molecule has 3 heteroatoms. The van der Waals surface area contributed by atoms with Gasteiger partial charge in [0.05, 0.1) is 11.4 Å². The van der Waals surface area contributed by atoms with Gasteiger partial charge in [-0.15, -0.1) is 0 Å². The number of benzene rings is 2. The molecule has 0 fully saturated rings. The average molecular weight is 358 g/mol. The first-order valence-electron chi connectivity index (χ1n) is 9.60. The predicted molar refractivity (Wildman–Crippen MR) is 117 cm³/mol. The van der Waals surface area contributed by atoms with Crippen molar-refractivity contribution in [1.29, 1.82) is 0 Å². The standard InChI is InChI=1S/C24H27N3/c1-4-5-9-16-26-24-18(2)17-22(25-3)23(27-24)21-14-12-20(13-15-21)19-10-7-6-8-11-19/h6-8,10-17,25H,4-5,9H2,1-3H3. The second-order valence-corrected chi connectivity index (χ2v) is 6.67. The van der Waals surface area contributed by atoms with Gasteiger partial charge < -0.3 is 5.32 Å². The van der Waals surface area contributed by atoms with Crippen LogP contribution in [0.4, 0.5) is 11.5 Å². The fraction of sp³-hybridized carbons (Fsp3) is 0.250. The Morgan fingerprint density at radius 1 is 0.963 bits per heavy atom. The van der Waals surface area contributed by atoms with Gasteiger partial charge in [-0.25, -0.2) is 9.98 Å². The van der Waals surface area contributed by atoms with E-state index in [1.807, 2.05) is 19.3 Å². The molecule has 0 radical (unpaired) electrons. The number of unbranched alkanes of at least 4 members (excludes halogenated alkanes) is 2. The van der Waals surface area contributed by atoms with E-state index >= 15 is 0 Å². The summed E-state index contributed by atoms with van der Waals surface area (Å²) < 4.78 is 0. The number of hydrogen-bond acceptors (Lipinski definition) is 3. The molecule has 1 heterocycles. The van der Waals surface area contributed by atoms with E-state index in [1.165, 1.54) is 17.5 Å². The summed E-state index contributed by atoms with van der Waals surface area (Å²) in [6, 6.07) is 21.1. The zero-order chi connectivity index (χ0) is 19.1. The van der Waals surface area contributed by atoms with Gasteiger partial charge in [-0.1, -0.05) is 67.9 Å². The first kappa shape index (κ1) is 18.8. The summed E-state index contributed by atoms with van der Waals surface area (Å²) in [4.78, 5) is 9.46. The SMILES string of the molecule is CCCCC=Nc1nc(-c2ccc(-c3ccccc3)cc2)c(NC)cc1C. The van der Waals surface area contributed by atoms with Crippen LogP contribution in [-0.4, -0.2) is 18.2 Å². The lowest BCUT2D eigenvalue weighted by Gasteiger charge is -2.12. The Morgan fingerprint density at radius 3 is 2.30 bits per heavy atom. The van der Waals surface area contributed by atoms with Gasteiger partial charge in [0, 0.05) is 18.8 Å². The maximum atomic E-state index is 4.85. The fourth-order valence-electron chi connectivity index (χ4n) is 3.04. The summed E-state index contributed by atoms with van der Waals surface area (Å²) in [5.41, 5.74) is 6.55. The molecule has 0 saturated heterocycles. The molecule has 3 rings (SSSR count). The number of aromatic nitrogens is 1. The van der Waals surface area contributed by atoms with E-state index in [9.17, 15) is 0 Å². The maximum absolute atomic E-state index is 4.85. The van der Waals surface area contributed by atoms with Crippen molar-refractivity contribution in [2.24, 2.45) is 4.99 Å². The van der Waals surface area contributed by atoms with E-state index in [0.29, 0.717) is 0 Å². The quantitative estimate of drug-likeness (QED) is 0.379. The number of aryl methyl sites for hydroxylation is 1. The van der Waals surface area contributed by atoms with Crippen LogP contribution in [0.1, 0.15) is 31.7 Å². The summed E-state index contributed by atoms with van der Waals surface area (Å²) in [5, 5.41) is 3.27. The number of nitrogens with zero attached hydrogens (tertiary/aromatic N) is 2. The van der Waals surface area contributed by atoms with Crippen molar-refractivity contribution < 1.29 is 0 Å². The molecule has 0 amide bonds. The average Bonchev–Trinajstić information content (AvgIpc) is 2.72. The highest BCUT2D eigenvalue weighted by molar-refractivity contribution is 5.79. The first-order chi connectivity index (χ1) is 13.2. The molecule has 0 saturated carbocycles. The molecule has 0 bridgehead atoms. The van der Waals surface area contributed by atoms with Crippen LogP contribution in [-0.2, 0) is 0 Å². The van der Waals surface area contributed by atoms with Crippen LogP contribution in [0.2, 0.25) is 0 Å². The molecule has 0 aliphatic heterocycles. The Hall–Kier alpha value is -2.94. The Balaban J connectivity index is 1.93. The molecule has 138 valence electrons. The molecule has 2 aromatic carbocycles. The van der Waals surface area contributed by atoms with Crippen molar-refractivity contribution in [2.45, 2.75) is 33.1 Å². The molecule has 0 atom stereocenters. The zero-order valence-electron chi connectivity index (χ0n) is 16.4. The van der Waals surface area contributed by atoms with Gasteiger partial charge in [-0.3, -0.25) is 0 Å². The van der Waals surface area contributed by atoms with Gasteiger partial charge in [0.2, 0.25) is 0 Å². The minimum Gasteiger partial charge on any atom is -0.386 e. The van der Waals surface area contributed by atoms with Gasteiger partial charge in [0.1, 0.15) is 0 Å². The van der Waals surface area contributed by atoms with Gasteiger partial charge in [0.15, 0.2) is 5.82 Å². The molecule has 0 aliphatic rings. The lowest BCUT2D eigenvalue weighted by Crippen LogP contribution is -1.97. The Kier molecular flexibility index (Phi) is 6.37. The van der Waals surface area contributed by atoms with Gasteiger partial charge >= 0.3 is 0 Å².